The van der Waals surface area contributed by atoms with Crippen LogP contribution >= 0.6 is 0 Å². The lowest BCUT2D eigenvalue weighted by atomic mass is 9.93. The third kappa shape index (κ3) is 3.00. The van der Waals surface area contributed by atoms with Crippen molar-refractivity contribution >= 4 is 5.69 Å². The average molecular weight is 228 g/mol. The van der Waals surface area contributed by atoms with Crippen molar-refractivity contribution in [2.24, 2.45) is 5.92 Å². The van der Waals surface area contributed by atoms with Crippen molar-refractivity contribution in [3.8, 4) is 6.07 Å². The van der Waals surface area contributed by atoms with Crippen LogP contribution < -0.4 is 4.90 Å². The predicted molar refractivity (Wildman–Crippen MR) is 71.1 cm³/mol. The SMILES string of the molecule is Cc1cc(C)cc(N2CCC(CC#N)CC2)c1. The van der Waals surface area contributed by atoms with Gasteiger partial charge in [0, 0.05) is 25.2 Å². The smallest absolute Gasteiger partial charge is 0.0624 e. The first kappa shape index (κ1) is 12.0. The van der Waals surface area contributed by atoms with E-state index in [-0.39, 0.29) is 0 Å². The molecule has 0 unspecified atom stereocenters. The minimum atomic E-state index is 0.613. The van der Waals surface area contributed by atoms with Crippen LogP contribution in [0.2, 0.25) is 0 Å². The normalized spacial score (nSPS) is 16.9. The number of anilines is 1. The van der Waals surface area contributed by atoms with Crippen molar-refractivity contribution < 1.29 is 0 Å². The van der Waals surface area contributed by atoms with Gasteiger partial charge in [-0.25, -0.2) is 0 Å². The Morgan fingerprint density at radius 3 is 2.29 bits per heavy atom. The van der Waals surface area contributed by atoms with E-state index in [0.717, 1.165) is 32.4 Å². The van der Waals surface area contributed by atoms with Gasteiger partial charge in [-0.05, 0) is 55.9 Å². The molecular formula is C15H20N2. The van der Waals surface area contributed by atoms with Crippen LogP contribution in [-0.4, -0.2) is 13.1 Å². The lowest BCUT2D eigenvalue weighted by Crippen LogP contribution is -2.33. The molecule has 0 N–H and O–H groups in total. The number of nitriles is 1. The van der Waals surface area contributed by atoms with Crippen LogP contribution in [-0.2, 0) is 0 Å². The van der Waals surface area contributed by atoms with Crippen LogP contribution in [0.5, 0.6) is 0 Å². The van der Waals surface area contributed by atoms with Gasteiger partial charge in [-0.1, -0.05) is 6.07 Å². The first-order chi connectivity index (χ1) is 8.19. The fourth-order valence-electron chi connectivity index (χ4n) is 2.66. The summed E-state index contributed by atoms with van der Waals surface area (Å²) in [6, 6.07) is 9.03. The molecule has 1 aliphatic heterocycles. The van der Waals surface area contributed by atoms with Crippen molar-refractivity contribution in [2.45, 2.75) is 33.1 Å². The maximum absolute atomic E-state index is 8.71. The van der Waals surface area contributed by atoms with E-state index in [1.807, 2.05) is 0 Å². The highest BCUT2D eigenvalue weighted by molar-refractivity contribution is 5.51. The van der Waals surface area contributed by atoms with Gasteiger partial charge in [0.2, 0.25) is 0 Å². The zero-order valence-electron chi connectivity index (χ0n) is 10.7. The van der Waals surface area contributed by atoms with E-state index in [4.69, 9.17) is 5.26 Å². The lowest BCUT2D eigenvalue weighted by molar-refractivity contribution is 0.413. The van der Waals surface area contributed by atoms with Crippen molar-refractivity contribution in [3.63, 3.8) is 0 Å². The van der Waals surface area contributed by atoms with E-state index in [1.54, 1.807) is 0 Å². The number of nitrogens with zero attached hydrogens (tertiary/aromatic N) is 2. The second kappa shape index (κ2) is 5.23. The molecule has 2 rings (SSSR count). The maximum Gasteiger partial charge on any atom is 0.0624 e. The molecule has 90 valence electrons. The molecular weight excluding hydrogens is 208 g/mol. The topological polar surface area (TPSA) is 27.0 Å². The first-order valence-corrected chi connectivity index (χ1v) is 6.39. The molecule has 0 aliphatic carbocycles. The van der Waals surface area contributed by atoms with Crippen LogP contribution in [0.15, 0.2) is 18.2 Å². The number of hydrogen-bond donors (Lipinski definition) is 0. The zero-order valence-corrected chi connectivity index (χ0v) is 10.7. The zero-order chi connectivity index (χ0) is 12.3. The number of benzene rings is 1. The molecule has 1 aliphatic rings. The molecule has 1 saturated heterocycles. The van der Waals surface area contributed by atoms with Gasteiger partial charge in [0.1, 0.15) is 0 Å². The Balaban J connectivity index is 2.03. The van der Waals surface area contributed by atoms with Gasteiger partial charge in [-0.3, -0.25) is 0 Å². The Labute approximate surface area is 104 Å². The van der Waals surface area contributed by atoms with E-state index in [9.17, 15) is 0 Å². The molecule has 2 nitrogen and oxygen atoms in total. The Morgan fingerprint density at radius 1 is 1.18 bits per heavy atom. The summed E-state index contributed by atoms with van der Waals surface area (Å²) in [4.78, 5) is 2.45. The molecule has 17 heavy (non-hydrogen) atoms. The van der Waals surface area contributed by atoms with E-state index in [2.05, 4.69) is 43.0 Å². The number of piperidine rings is 1. The molecule has 1 fully saturated rings. The van der Waals surface area contributed by atoms with Gasteiger partial charge in [0.05, 0.1) is 6.07 Å². The summed E-state index contributed by atoms with van der Waals surface area (Å²) in [7, 11) is 0. The third-order valence-corrected chi connectivity index (χ3v) is 3.57. The van der Waals surface area contributed by atoms with Crippen LogP contribution in [0.25, 0.3) is 0 Å². The summed E-state index contributed by atoms with van der Waals surface area (Å²) < 4.78 is 0. The standard InChI is InChI=1S/C15H20N2/c1-12-9-13(2)11-15(10-12)17-7-4-14(3-6-16)5-8-17/h9-11,14H,3-5,7-8H2,1-2H3. The largest absolute Gasteiger partial charge is 0.371 e. The molecule has 1 aromatic carbocycles. The van der Waals surface area contributed by atoms with Crippen LogP contribution in [0.4, 0.5) is 5.69 Å². The average Bonchev–Trinajstić information content (AvgIpc) is 2.29. The van der Waals surface area contributed by atoms with E-state index in [0.29, 0.717) is 5.92 Å². The van der Waals surface area contributed by atoms with E-state index < -0.39 is 0 Å². The lowest BCUT2D eigenvalue weighted by Gasteiger charge is -2.33. The second-order valence-electron chi connectivity index (χ2n) is 5.14. The number of rotatable bonds is 2. The number of aryl methyl sites for hydroxylation is 2. The molecule has 2 heteroatoms. The van der Waals surface area contributed by atoms with Gasteiger partial charge in [0.15, 0.2) is 0 Å². The van der Waals surface area contributed by atoms with Gasteiger partial charge in [0.25, 0.3) is 0 Å². The highest BCUT2D eigenvalue weighted by Crippen LogP contribution is 2.26. The predicted octanol–water partition coefficient (Wildman–Crippen LogP) is 3.43. The summed E-state index contributed by atoms with van der Waals surface area (Å²) >= 11 is 0. The highest BCUT2D eigenvalue weighted by atomic mass is 15.1. The molecule has 0 saturated carbocycles. The van der Waals surface area contributed by atoms with Gasteiger partial charge in [-0.2, -0.15) is 5.26 Å². The molecule has 0 bridgehead atoms. The quantitative estimate of drug-likeness (QED) is 0.775. The Morgan fingerprint density at radius 2 is 1.76 bits per heavy atom. The molecule has 1 heterocycles. The molecule has 0 radical (unpaired) electrons. The number of hydrogen-bond acceptors (Lipinski definition) is 2. The molecule has 0 atom stereocenters. The van der Waals surface area contributed by atoms with Crippen molar-refractivity contribution in [3.05, 3.63) is 29.3 Å². The third-order valence-electron chi connectivity index (χ3n) is 3.57. The molecule has 0 aromatic heterocycles. The second-order valence-corrected chi connectivity index (χ2v) is 5.14. The summed E-state index contributed by atoms with van der Waals surface area (Å²) in [5.74, 6) is 0.613. The molecule has 1 aromatic rings. The van der Waals surface area contributed by atoms with Crippen molar-refractivity contribution in [1.82, 2.24) is 0 Å². The summed E-state index contributed by atoms with van der Waals surface area (Å²) in [6.07, 6.45) is 3.03. The summed E-state index contributed by atoms with van der Waals surface area (Å²) in [5, 5.41) is 8.71. The van der Waals surface area contributed by atoms with E-state index >= 15 is 0 Å². The van der Waals surface area contributed by atoms with E-state index in [1.165, 1.54) is 16.8 Å². The molecule has 0 amide bonds. The Bertz CT molecular complexity index is 403. The van der Waals surface area contributed by atoms with Gasteiger partial charge in [-0.15, -0.1) is 0 Å². The Hall–Kier alpha value is -1.49. The van der Waals surface area contributed by atoms with Crippen molar-refractivity contribution in [1.29, 1.82) is 5.26 Å². The molecule has 0 spiro atoms. The van der Waals surface area contributed by atoms with Crippen LogP contribution in [0.3, 0.4) is 0 Å². The minimum absolute atomic E-state index is 0.613. The Kier molecular flexibility index (Phi) is 3.68. The van der Waals surface area contributed by atoms with Gasteiger partial charge < -0.3 is 4.90 Å². The fourth-order valence-corrected chi connectivity index (χ4v) is 2.66. The summed E-state index contributed by atoms with van der Waals surface area (Å²) in [5.41, 5.74) is 4.01. The van der Waals surface area contributed by atoms with Crippen LogP contribution in [0, 0.1) is 31.1 Å². The van der Waals surface area contributed by atoms with Crippen LogP contribution in [0.1, 0.15) is 30.4 Å². The van der Waals surface area contributed by atoms with Crippen molar-refractivity contribution in [2.75, 3.05) is 18.0 Å². The fraction of sp³-hybridized carbons (Fsp3) is 0.533. The first-order valence-electron chi connectivity index (χ1n) is 6.39. The summed E-state index contributed by atoms with van der Waals surface area (Å²) in [6.45, 7) is 6.49. The highest BCUT2D eigenvalue weighted by Gasteiger charge is 2.19. The monoisotopic (exact) mass is 228 g/mol. The minimum Gasteiger partial charge on any atom is -0.371 e. The maximum atomic E-state index is 8.71. The van der Waals surface area contributed by atoms with Gasteiger partial charge >= 0.3 is 0 Å².